The van der Waals surface area contributed by atoms with Crippen LogP contribution < -0.4 is 16.8 Å². The van der Waals surface area contributed by atoms with Crippen molar-refractivity contribution in [3.63, 3.8) is 0 Å². The Bertz CT molecular complexity index is 600. The first-order valence-corrected chi connectivity index (χ1v) is 7.47. The molecule has 5 nitrogen and oxygen atoms in total. The van der Waals surface area contributed by atoms with Crippen LogP contribution >= 0.6 is 11.8 Å². The minimum absolute atomic E-state index is 0.263. The molecule has 1 heterocycles. The van der Waals surface area contributed by atoms with E-state index in [0.717, 1.165) is 23.4 Å². The fraction of sp³-hybridized carbons (Fsp3) is 0.286. The van der Waals surface area contributed by atoms with E-state index >= 15 is 0 Å². The molecule has 0 aliphatic carbocycles. The van der Waals surface area contributed by atoms with Crippen molar-refractivity contribution in [2.24, 2.45) is 0 Å². The van der Waals surface area contributed by atoms with E-state index in [9.17, 15) is 4.39 Å². The van der Waals surface area contributed by atoms with Crippen LogP contribution in [0.4, 0.5) is 16.0 Å². The third kappa shape index (κ3) is 4.57. The van der Waals surface area contributed by atoms with Crippen LogP contribution in [-0.4, -0.2) is 16.5 Å². The summed E-state index contributed by atoms with van der Waals surface area (Å²) in [6, 6.07) is 6.14. The fourth-order valence-electron chi connectivity index (χ4n) is 1.79. The molecule has 0 unspecified atom stereocenters. The van der Waals surface area contributed by atoms with Crippen molar-refractivity contribution < 1.29 is 4.39 Å². The summed E-state index contributed by atoms with van der Waals surface area (Å²) in [6.45, 7) is 3.55. The van der Waals surface area contributed by atoms with Gasteiger partial charge in [-0.3, -0.25) is 0 Å². The van der Waals surface area contributed by atoms with Gasteiger partial charge in [0.15, 0.2) is 5.16 Å². The van der Waals surface area contributed by atoms with Crippen LogP contribution in [0, 0.1) is 5.82 Å². The molecule has 0 spiro atoms. The predicted octanol–water partition coefficient (Wildman–Crippen LogP) is 2.43. The summed E-state index contributed by atoms with van der Waals surface area (Å²) in [6.07, 6.45) is 1.02. The lowest BCUT2D eigenvalue weighted by atomic mass is 10.2. The van der Waals surface area contributed by atoms with Gasteiger partial charge in [0, 0.05) is 17.5 Å². The third-order valence-electron chi connectivity index (χ3n) is 2.71. The summed E-state index contributed by atoms with van der Waals surface area (Å²) in [5, 5.41) is 3.71. The van der Waals surface area contributed by atoms with Gasteiger partial charge in [-0.2, -0.15) is 0 Å². The Kier molecular flexibility index (Phi) is 5.35. The van der Waals surface area contributed by atoms with Crippen LogP contribution in [0.1, 0.15) is 18.9 Å². The second-order valence-corrected chi connectivity index (χ2v) is 5.54. The minimum Gasteiger partial charge on any atom is -0.383 e. The highest BCUT2D eigenvalue weighted by Crippen LogP contribution is 2.29. The largest absolute Gasteiger partial charge is 0.383 e. The molecule has 0 amide bonds. The molecule has 2 rings (SSSR count). The fourth-order valence-corrected chi connectivity index (χ4v) is 2.69. The maximum Gasteiger partial charge on any atom is 0.196 e. The third-order valence-corrected chi connectivity index (χ3v) is 3.69. The van der Waals surface area contributed by atoms with Crippen LogP contribution in [0.25, 0.3) is 0 Å². The van der Waals surface area contributed by atoms with Gasteiger partial charge in [-0.15, -0.1) is 0 Å². The van der Waals surface area contributed by atoms with Crippen LogP contribution in [0.15, 0.2) is 34.3 Å². The zero-order valence-electron chi connectivity index (χ0n) is 11.8. The summed E-state index contributed by atoms with van der Waals surface area (Å²) >= 11 is 1.32. The van der Waals surface area contributed by atoms with Crippen molar-refractivity contribution in [2.75, 3.05) is 18.0 Å². The molecule has 0 bridgehead atoms. The Hall–Kier alpha value is -1.86. The van der Waals surface area contributed by atoms with Crippen molar-refractivity contribution in [3.8, 4) is 0 Å². The molecular formula is C14H18FN5S. The Balaban J connectivity index is 2.21. The molecule has 112 valence electrons. The smallest absolute Gasteiger partial charge is 0.196 e. The van der Waals surface area contributed by atoms with E-state index in [0.29, 0.717) is 23.3 Å². The molecule has 0 atom stereocenters. The lowest BCUT2D eigenvalue weighted by Gasteiger charge is -2.10. The van der Waals surface area contributed by atoms with Crippen LogP contribution in [0.5, 0.6) is 0 Å². The first-order valence-electron chi connectivity index (χ1n) is 6.65. The first-order chi connectivity index (χ1) is 10.1. The molecule has 21 heavy (non-hydrogen) atoms. The van der Waals surface area contributed by atoms with Crippen LogP contribution in [0.3, 0.4) is 0 Å². The molecule has 1 aromatic carbocycles. The Morgan fingerprint density at radius 2 is 1.90 bits per heavy atom. The van der Waals surface area contributed by atoms with Gasteiger partial charge in [-0.1, -0.05) is 6.92 Å². The highest BCUT2D eigenvalue weighted by molar-refractivity contribution is 7.99. The molecule has 2 aromatic rings. The molecule has 0 radical (unpaired) electrons. The highest BCUT2D eigenvalue weighted by Gasteiger charge is 2.09. The summed E-state index contributed by atoms with van der Waals surface area (Å²) < 4.78 is 13.4. The van der Waals surface area contributed by atoms with Gasteiger partial charge in [0.2, 0.25) is 0 Å². The minimum atomic E-state index is -0.263. The van der Waals surface area contributed by atoms with Crippen molar-refractivity contribution in [1.82, 2.24) is 15.3 Å². The lowest BCUT2D eigenvalue weighted by Crippen LogP contribution is -2.14. The number of benzene rings is 1. The lowest BCUT2D eigenvalue weighted by molar-refractivity contribution is 0.615. The zero-order valence-corrected chi connectivity index (χ0v) is 12.6. The number of aromatic nitrogens is 2. The quantitative estimate of drug-likeness (QED) is 0.561. The van der Waals surface area contributed by atoms with Crippen molar-refractivity contribution in [2.45, 2.75) is 29.9 Å². The van der Waals surface area contributed by atoms with Gasteiger partial charge in [0.1, 0.15) is 17.5 Å². The molecule has 0 aliphatic rings. The number of nitrogens with one attached hydrogen (secondary N) is 1. The van der Waals surface area contributed by atoms with E-state index in [1.807, 2.05) is 0 Å². The molecule has 1 aromatic heterocycles. The second-order valence-electron chi connectivity index (χ2n) is 4.53. The van der Waals surface area contributed by atoms with Gasteiger partial charge >= 0.3 is 0 Å². The Morgan fingerprint density at radius 1 is 1.19 bits per heavy atom. The van der Waals surface area contributed by atoms with E-state index in [1.54, 1.807) is 6.07 Å². The number of hydrogen-bond donors (Lipinski definition) is 3. The molecule has 0 fully saturated rings. The van der Waals surface area contributed by atoms with Gasteiger partial charge < -0.3 is 16.8 Å². The number of nitrogens with two attached hydrogens (primary N) is 2. The van der Waals surface area contributed by atoms with Gasteiger partial charge in [-0.25, -0.2) is 14.4 Å². The summed E-state index contributed by atoms with van der Waals surface area (Å²) in [7, 11) is 0. The Labute approximate surface area is 127 Å². The summed E-state index contributed by atoms with van der Waals surface area (Å²) in [4.78, 5) is 9.13. The monoisotopic (exact) mass is 307 g/mol. The standard InChI is InChI=1S/C14H18FN5S/c1-2-5-18-8-9-6-10(15)3-4-11(9)21-14-19-12(16)7-13(17)20-14/h3-4,6-7,18H,2,5,8H2,1H3,(H4,16,17,19,20). The number of rotatable bonds is 6. The molecule has 0 saturated heterocycles. The number of halogens is 1. The molecule has 7 heteroatoms. The SMILES string of the molecule is CCCNCc1cc(F)ccc1Sc1nc(N)cc(N)n1. The average Bonchev–Trinajstić information content (AvgIpc) is 2.41. The van der Waals surface area contributed by atoms with E-state index in [2.05, 4.69) is 22.2 Å². The molecule has 0 aliphatic heterocycles. The number of anilines is 2. The summed E-state index contributed by atoms with van der Waals surface area (Å²) in [5.74, 6) is 0.371. The normalized spacial score (nSPS) is 10.8. The van der Waals surface area contributed by atoms with Crippen LogP contribution in [-0.2, 0) is 6.54 Å². The topological polar surface area (TPSA) is 89.8 Å². The van der Waals surface area contributed by atoms with Crippen molar-refractivity contribution in [3.05, 3.63) is 35.6 Å². The van der Waals surface area contributed by atoms with E-state index < -0.39 is 0 Å². The molecule has 5 N–H and O–H groups in total. The number of nitrogens with zero attached hydrogens (tertiary/aromatic N) is 2. The van der Waals surface area contributed by atoms with Gasteiger partial charge in [-0.05, 0) is 48.5 Å². The second kappa shape index (κ2) is 7.24. The predicted molar refractivity (Wildman–Crippen MR) is 83.4 cm³/mol. The van der Waals surface area contributed by atoms with Gasteiger partial charge in [0.25, 0.3) is 0 Å². The molecule has 0 saturated carbocycles. The average molecular weight is 307 g/mol. The summed E-state index contributed by atoms with van der Waals surface area (Å²) in [5.41, 5.74) is 12.2. The highest BCUT2D eigenvalue weighted by atomic mass is 32.2. The number of hydrogen-bond acceptors (Lipinski definition) is 6. The van der Waals surface area contributed by atoms with Crippen LogP contribution in [0.2, 0.25) is 0 Å². The van der Waals surface area contributed by atoms with E-state index in [1.165, 1.54) is 30.0 Å². The first kappa shape index (κ1) is 15.5. The molecular weight excluding hydrogens is 289 g/mol. The van der Waals surface area contributed by atoms with E-state index in [4.69, 9.17) is 11.5 Å². The van der Waals surface area contributed by atoms with E-state index in [-0.39, 0.29) is 5.82 Å². The Morgan fingerprint density at radius 3 is 2.57 bits per heavy atom. The zero-order chi connectivity index (χ0) is 15.2. The van der Waals surface area contributed by atoms with Crippen molar-refractivity contribution >= 4 is 23.4 Å². The number of nitrogen functional groups attached to an aromatic ring is 2. The maximum absolute atomic E-state index is 13.4. The van der Waals surface area contributed by atoms with Crippen molar-refractivity contribution in [1.29, 1.82) is 0 Å². The maximum atomic E-state index is 13.4. The van der Waals surface area contributed by atoms with Gasteiger partial charge in [0.05, 0.1) is 0 Å².